The van der Waals surface area contributed by atoms with Crippen LogP contribution in [0.4, 0.5) is 14.6 Å². The maximum atomic E-state index is 12.5. The van der Waals surface area contributed by atoms with Gasteiger partial charge in [0.2, 0.25) is 0 Å². The minimum Gasteiger partial charge on any atom is -0.389 e. The van der Waals surface area contributed by atoms with Crippen LogP contribution in [0.3, 0.4) is 0 Å². The number of pyridine rings is 1. The molecule has 1 saturated heterocycles. The summed E-state index contributed by atoms with van der Waals surface area (Å²) >= 11 is 1.55. The molecule has 3 aromatic heterocycles. The van der Waals surface area contributed by atoms with E-state index < -0.39 is 25.2 Å². The van der Waals surface area contributed by atoms with Gasteiger partial charge in [0.1, 0.15) is 29.3 Å². The van der Waals surface area contributed by atoms with Crippen LogP contribution in [0.5, 0.6) is 0 Å². The van der Waals surface area contributed by atoms with Gasteiger partial charge in [-0.1, -0.05) is 12.1 Å². The van der Waals surface area contributed by atoms with E-state index in [4.69, 9.17) is 0 Å². The molecule has 0 aliphatic carbocycles. The van der Waals surface area contributed by atoms with Crippen molar-refractivity contribution in [2.75, 3.05) is 11.9 Å². The van der Waals surface area contributed by atoms with Crippen LogP contribution < -0.4 is 5.32 Å². The van der Waals surface area contributed by atoms with Crippen molar-refractivity contribution in [3.63, 3.8) is 0 Å². The zero-order chi connectivity index (χ0) is 23.8. The van der Waals surface area contributed by atoms with E-state index in [1.54, 1.807) is 17.8 Å². The van der Waals surface area contributed by atoms with Crippen LogP contribution in [-0.2, 0) is 6.42 Å². The summed E-state index contributed by atoms with van der Waals surface area (Å²) in [7, 11) is 0. The number of rotatable bonds is 7. The number of alkyl halides is 2. The third kappa shape index (κ3) is 4.45. The van der Waals surface area contributed by atoms with Crippen molar-refractivity contribution >= 4 is 39.5 Å². The maximum absolute atomic E-state index is 12.5. The number of hydrogen-bond acceptors (Lipinski definition) is 7. The number of nitrogens with zero attached hydrogens (tertiary/aromatic N) is 4. The highest BCUT2D eigenvalue weighted by molar-refractivity contribution is 8.00. The molecule has 0 radical (unpaired) electrons. The van der Waals surface area contributed by atoms with E-state index in [1.165, 1.54) is 6.33 Å². The van der Waals surface area contributed by atoms with Gasteiger partial charge in [-0.2, -0.15) is 0 Å². The summed E-state index contributed by atoms with van der Waals surface area (Å²) in [5.74, 6) is 0.413. The number of thioether (sulfide) groups is 1. The number of benzene rings is 1. The average molecular weight is 486 g/mol. The van der Waals surface area contributed by atoms with Crippen LogP contribution in [0, 0.1) is 6.92 Å². The van der Waals surface area contributed by atoms with Crippen molar-refractivity contribution in [2.45, 2.75) is 49.0 Å². The van der Waals surface area contributed by atoms with Gasteiger partial charge in [-0.15, -0.1) is 11.8 Å². The first kappa shape index (κ1) is 22.9. The molecule has 0 bridgehead atoms. The number of fused-ring (bicyclic) bond motifs is 2. The molecule has 34 heavy (non-hydrogen) atoms. The Balaban J connectivity index is 1.29. The van der Waals surface area contributed by atoms with Crippen LogP contribution >= 0.6 is 11.8 Å². The van der Waals surface area contributed by atoms with Crippen molar-refractivity contribution in [3.8, 4) is 0 Å². The first-order valence-corrected chi connectivity index (χ1v) is 12.1. The van der Waals surface area contributed by atoms with Gasteiger partial charge < -0.3 is 20.1 Å². The molecule has 1 aromatic carbocycles. The normalized spacial score (nSPS) is 22.8. The fraction of sp³-hybridized carbons (Fsp3) is 0.375. The summed E-state index contributed by atoms with van der Waals surface area (Å²) in [6, 6.07) is 11.4. The number of nitrogens with one attached hydrogen (secondary N) is 1. The highest BCUT2D eigenvalue weighted by Crippen LogP contribution is 2.45. The molecule has 1 aliphatic heterocycles. The predicted molar refractivity (Wildman–Crippen MR) is 129 cm³/mol. The molecule has 178 valence electrons. The average Bonchev–Trinajstić information content (AvgIpc) is 3.38. The molecule has 4 aromatic rings. The Hall–Kier alpha value is -2.82. The lowest BCUT2D eigenvalue weighted by Gasteiger charge is -2.17. The maximum Gasteiger partial charge on any atom is 0.255 e. The van der Waals surface area contributed by atoms with Crippen LogP contribution in [0.1, 0.15) is 23.1 Å². The number of aromatic nitrogens is 4. The number of hydrogen-bond donors (Lipinski definition) is 3. The molecule has 5 rings (SSSR count). The van der Waals surface area contributed by atoms with Crippen molar-refractivity contribution < 1.29 is 19.0 Å². The topological polar surface area (TPSA) is 96.1 Å². The largest absolute Gasteiger partial charge is 0.389 e. The van der Waals surface area contributed by atoms with Crippen LogP contribution in [0.2, 0.25) is 0 Å². The van der Waals surface area contributed by atoms with Gasteiger partial charge in [-0.05, 0) is 49.6 Å². The molecular weight excluding hydrogens is 460 g/mol. The molecule has 1 aliphatic rings. The fourth-order valence-corrected chi connectivity index (χ4v) is 5.97. The van der Waals surface area contributed by atoms with Gasteiger partial charge in [-0.3, -0.25) is 0 Å². The van der Waals surface area contributed by atoms with Crippen LogP contribution in [0.25, 0.3) is 21.9 Å². The van der Waals surface area contributed by atoms with Gasteiger partial charge >= 0.3 is 0 Å². The van der Waals surface area contributed by atoms with Gasteiger partial charge in [0.05, 0.1) is 23.9 Å². The molecule has 1 fully saturated rings. The predicted octanol–water partition coefficient (Wildman–Crippen LogP) is 3.93. The highest BCUT2D eigenvalue weighted by Gasteiger charge is 2.43. The van der Waals surface area contributed by atoms with E-state index in [2.05, 4.69) is 20.3 Å². The fourth-order valence-electron chi connectivity index (χ4n) is 4.41. The summed E-state index contributed by atoms with van der Waals surface area (Å²) in [4.78, 5) is 13.0. The SMILES string of the molecule is Cc1ncnc2c1ccn2[C@@H]1S[C@@H](CCc2ccc3ccc(NCC(F)F)nc3c2)[C@@H](O)[C@H]1O. The quantitative estimate of drug-likeness (QED) is 0.365. The number of aliphatic hydroxyl groups is 2. The van der Waals surface area contributed by atoms with Gasteiger partial charge in [0.25, 0.3) is 6.43 Å². The molecular formula is C24H25F2N5O2S. The Labute approximate surface area is 199 Å². The first-order valence-electron chi connectivity index (χ1n) is 11.1. The third-order valence-electron chi connectivity index (χ3n) is 6.23. The zero-order valence-electron chi connectivity index (χ0n) is 18.5. The van der Waals surface area contributed by atoms with Crippen molar-refractivity contribution in [1.82, 2.24) is 19.5 Å². The Morgan fingerprint density at radius 3 is 2.76 bits per heavy atom. The zero-order valence-corrected chi connectivity index (χ0v) is 19.3. The van der Waals surface area contributed by atoms with E-state index in [0.29, 0.717) is 18.7 Å². The number of aryl methyl sites for hydroxylation is 2. The molecule has 10 heteroatoms. The summed E-state index contributed by atoms with van der Waals surface area (Å²) in [5, 5.41) is 25.5. The molecule has 0 saturated carbocycles. The second-order valence-electron chi connectivity index (χ2n) is 8.50. The van der Waals surface area contributed by atoms with Crippen molar-refractivity contribution in [1.29, 1.82) is 0 Å². The standard InChI is InChI=1S/C24H25F2N5O2S/c1-13-16-8-9-31(23(16)29-12-28-13)24-22(33)21(32)18(34-24)6-3-14-2-4-15-5-7-20(27-11-19(25)26)30-17(15)10-14/h2,4-5,7-10,12,18-19,21-22,24,32-33H,3,6,11H2,1H3,(H,27,30)/t18-,21+,22+,24+/m0/s1. The van der Waals surface area contributed by atoms with Gasteiger partial charge in [-0.25, -0.2) is 23.7 Å². The Bertz CT molecular complexity index is 1320. The number of halogens is 2. The minimum absolute atomic E-state index is 0.150. The molecule has 0 spiro atoms. The Morgan fingerprint density at radius 1 is 1.12 bits per heavy atom. The molecule has 4 atom stereocenters. The second kappa shape index (κ2) is 9.44. The van der Waals surface area contributed by atoms with E-state index in [9.17, 15) is 19.0 Å². The summed E-state index contributed by atoms with van der Waals surface area (Å²) in [5.41, 5.74) is 3.37. The summed E-state index contributed by atoms with van der Waals surface area (Å²) in [6.45, 7) is 1.47. The van der Waals surface area contributed by atoms with Gasteiger partial charge in [0, 0.05) is 22.2 Å². The number of aliphatic hydroxyl groups excluding tert-OH is 2. The van der Waals surface area contributed by atoms with Crippen LogP contribution in [-0.4, -0.2) is 60.2 Å². The van der Waals surface area contributed by atoms with E-state index in [1.807, 2.05) is 48.0 Å². The van der Waals surface area contributed by atoms with Crippen molar-refractivity contribution in [2.24, 2.45) is 0 Å². The molecule has 0 unspecified atom stereocenters. The smallest absolute Gasteiger partial charge is 0.255 e. The van der Waals surface area contributed by atoms with Gasteiger partial charge in [0.15, 0.2) is 0 Å². The number of anilines is 1. The Kier molecular flexibility index (Phi) is 6.37. The molecule has 4 heterocycles. The monoisotopic (exact) mass is 485 g/mol. The summed E-state index contributed by atoms with van der Waals surface area (Å²) < 4.78 is 26.9. The lowest BCUT2D eigenvalue weighted by Crippen LogP contribution is -2.31. The molecule has 0 amide bonds. The van der Waals surface area contributed by atoms with Crippen LogP contribution in [0.15, 0.2) is 48.9 Å². The van der Waals surface area contributed by atoms with Crippen molar-refractivity contribution in [3.05, 3.63) is 60.2 Å². The first-order chi connectivity index (χ1) is 16.4. The third-order valence-corrected chi connectivity index (χ3v) is 7.88. The van der Waals surface area contributed by atoms with E-state index in [0.717, 1.165) is 33.2 Å². The van der Waals surface area contributed by atoms with E-state index >= 15 is 0 Å². The lowest BCUT2D eigenvalue weighted by atomic mass is 10.0. The molecule has 3 N–H and O–H groups in total. The lowest BCUT2D eigenvalue weighted by molar-refractivity contribution is 0.0176. The highest BCUT2D eigenvalue weighted by atomic mass is 32.2. The Morgan fingerprint density at radius 2 is 1.94 bits per heavy atom. The molecule has 7 nitrogen and oxygen atoms in total. The summed E-state index contributed by atoms with van der Waals surface area (Å²) in [6.07, 6.45) is 0.532. The van der Waals surface area contributed by atoms with E-state index in [-0.39, 0.29) is 10.6 Å². The second-order valence-corrected chi connectivity index (χ2v) is 9.86. The minimum atomic E-state index is -2.45.